The molecule has 0 radical (unpaired) electrons. The number of hydrogen-bond donors (Lipinski definition) is 4. The maximum absolute atomic E-state index is 12.4. The van der Waals surface area contributed by atoms with Crippen LogP contribution in [0.3, 0.4) is 0 Å². The van der Waals surface area contributed by atoms with Gasteiger partial charge in [-0.3, -0.25) is 20.1 Å². The van der Waals surface area contributed by atoms with E-state index in [2.05, 4.69) is 5.32 Å². The summed E-state index contributed by atoms with van der Waals surface area (Å²) in [6.07, 6.45) is 0.749. The molecule has 0 aromatic heterocycles. The number of imide groups is 1. The van der Waals surface area contributed by atoms with E-state index in [0.717, 1.165) is 6.08 Å². The standard InChI is InChI=1S/C23H20N2O6/c26-19-14-13-18(16-9-4-5-10-17(16)19)20(11-6-12-21(27)25-30)31-23(29)24-22(28)15-7-2-1-3-8-15/h1-10,12-14,20,26,30H,11H2,(H,25,27)(H,24,28,29)/b12-6+/t20-/m1/s1. The first-order chi connectivity index (χ1) is 15.0. The van der Waals surface area contributed by atoms with Crippen molar-refractivity contribution in [2.75, 3.05) is 0 Å². The Kier molecular flexibility index (Phi) is 6.97. The highest BCUT2D eigenvalue weighted by Gasteiger charge is 2.21. The molecule has 0 aliphatic carbocycles. The minimum atomic E-state index is -0.962. The molecule has 0 spiro atoms. The molecule has 0 bridgehead atoms. The van der Waals surface area contributed by atoms with E-state index in [1.54, 1.807) is 60.7 Å². The lowest BCUT2D eigenvalue weighted by Crippen LogP contribution is -2.32. The fourth-order valence-electron chi connectivity index (χ4n) is 3.07. The molecule has 0 aliphatic heterocycles. The molecule has 31 heavy (non-hydrogen) atoms. The van der Waals surface area contributed by atoms with Crippen molar-refractivity contribution in [3.63, 3.8) is 0 Å². The van der Waals surface area contributed by atoms with Crippen molar-refractivity contribution in [3.8, 4) is 5.75 Å². The second-order valence-corrected chi connectivity index (χ2v) is 6.55. The van der Waals surface area contributed by atoms with Crippen LogP contribution in [-0.2, 0) is 9.53 Å². The SMILES string of the molecule is O=C(/C=C/C[C@@H](OC(=O)NC(=O)c1ccccc1)c1ccc(O)c2ccccc12)NO. The fourth-order valence-corrected chi connectivity index (χ4v) is 3.07. The number of ether oxygens (including phenoxy) is 1. The Morgan fingerprint density at radius 3 is 2.32 bits per heavy atom. The Morgan fingerprint density at radius 2 is 1.61 bits per heavy atom. The fraction of sp³-hybridized carbons (Fsp3) is 0.0870. The number of benzene rings is 3. The van der Waals surface area contributed by atoms with E-state index in [1.165, 1.54) is 17.6 Å². The summed E-state index contributed by atoms with van der Waals surface area (Å²) in [5, 5.41) is 22.1. The van der Waals surface area contributed by atoms with Crippen LogP contribution in [0.4, 0.5) is 4.79 Å². The van der Waals surface area contributed by atoms with Crippen molar-refractivity contribution in [3.05, 3.63) is 90.0 Å². The van der Waals surface area contributed by atoms with Crippen LogP contribution in [0, 0.1) is 0 Å². The van der Waals surface area contributed by atoms with E-state index in [4.69, 9.17) is 9.94 Å². The highest BCUT2D eigenvalue weighted by atomic mass is 16.6. The number of rotatable bonds is 6. The molecular formula is C23H20N2O6. The van der Waals surface area contributed by atoms with E-state index in [9.17, 15) is 19.5 Å². The van der Waals surface area contributed by atoms with Crippen LogP contribution < -0.4 is 10.8 Å². The number of fused-ring (bicyclic) bond motifs is 1. The number of phenolic OH excluding ortho intramolecular Hbond substituents is 1. The second-order valence-electron chi connectivity index (χ2n) is 6.55. The van der Waals surface area contributed by atoms with Crippen LogP contribution in [0.15, 0.2) is 78.9 Å². The quantitative estimate of drug-likeness (QED) is 0.274. The topological polar surface area (TPSA) is 125 Å². The summed E-state index contributed by atoms with van der Waals surface area (Å²) in [6.45, 7) is 0. The summed E-state index contributed by atoms with van der Waals surface area (Å²) in [5.41, 5.74) is 2.35. The van der Waals surface area contributed by atoms with Gasteiger partial charge in [0, 0.05) is 29.0 Å². The first-order valence-corrected chi connectivity index (χ1v) is 9.38. The van der Waals surface area contributed by atoms with Crippen molar-refractivity contribution in [2.24, 2.45) is 0 Å². The van der Waals surface area contributed by atoms with Gasteiger partial charge < -0.3 is 9.84 Å². The van der Waals surface area contributed by atoms with Gasteiger partial charge in [0.05, 0.1) is 0 Å². The lowest BCUT2D eigenvalue weighted by atomic mass is 9.97. The molecular weight excluding hydrogens is 400 g/mol. The van der Waals surface area contributed by atoms with Crippen molar-refractivity contribution in [1.82, 2.24) is 10.8 Å². The van der Waals surface area contributed by atoms with Crippen molar-refractivity contribution >= 4 is 28.7 Å². The molecule has 0 fully saturated rings. The molecule has 8 heteroatoms. The number of alkyl carbamates (subject to hydrolysis) is 1. The van der Waals surface area contributed by atoms with E-state index in [1.807, 2.05) is 0 Å². The van der Waals surface area contributed by atoms with Gasteiger partial charge in [0.25, 0.3) is 11.8 Å². The first-order valence-electron chi connectivity index (χ1n) is 9.38. The molecule has 4 N–H and O–H groups in total. The number of carbonyl (C=O) groups is 3. The Labute approximate surface area is 177 Å². The van der Waals surface area contributed by atoms with Crippen molar-refractivity contribution < 1.29 is 29.4 Å². The lowest BCUT2D eigenvalue weighted by molar-refractivity contribution is -0.124. The van der Waals surface area contributed by atoms with Gasteiger partial charge in [0.2, 0.25) is 0 Å². The Hall–Kier alpha value is -4.17. The molecule has 1 atom stereocenters. The number of carbonyl (C=O) groups excluding carboxylic acids is 3. The second kappa shape index (κ2) is 10.0. The van der Waals surface area contributed by atoms with Gasteiger partial charge in [-0.2, -0.15) is 0 Å². The molecule has 158 valence electrons. The zero-order valence-electron chi connectivity index (χ0n) is 16.3. The summed E-state index contributed by atoms with van der Waals surface area (Å²) in [5.74, 6) is -1.29. The number of hydrogen-bond acceptors (Lipinski definition) is 6. The number of hydroxylamine groups is 1. The van der Waals surface area contributed by atoms with Crippen molar-refractivity contribution in [1.29, 1.82) is 0 Å². The third-order valence-electron chi connectivity index (χ3n) is 4.51. The van der Waals surface area contributed by atoms with Crippen LogP contribution in [0.1, 0.15) is 28.4 Å². The number of nitrogens with one attached hydrogen (secondary N) is 2. The molecule has 0 unspecified atom stereocenters. The Balaban J connectivity index is 1.86. The van der Waals surface area contributed by atoms with Gasteiger partial charge in [-0.15, -0.1) is 0 Å². The summed E-state index contributed by atoms with van der Waals surface area (Å²) < 4.78 is 5.49. The van der Waals surface area contributed by atoms with Gasteiger partial charge in [-0.1, -0.05) is 54.6 Å². The molecule has 0 saturated carbocycles. The summed E-state index contributed by atoms with van der Waals surface area (Å²) >= 11 is 0. The van der Waals surface area contributed by atoms with Crippen LogP contribution in [0.2, 0.25) is 0 Å². The maximum Gasteiger partial charge on any atom is 0.414 e. The third kappa shape index (κ3) is 5.46. The van der Waals surface area contributed by atoms with Crippen molar-refractivity contribution in [2.45, 2.75) is 12.5 Å². The Morgan fingerprint density at radius 1 is 0.935 bits per heavy atom. The normalized spacial score (nSPS) is 11.8. The zero-order chi connectivity index (χ0) is 22.2. The Bertz CT molecular complexity index is 1130. The average Bonchev–Trinajstić information content (AvgIpc) is 2.79. The van der Waals surface area contributed by atoms with E-state index in [-0.39, 0.29) is 12.2 Å². The molecule has 0 heterocycles. The minimum absolute atomic E-state index is 0.0667. The van der Waals surface area contributed by atoms with Crippen LogP contribution >= 0.6 is 0 Å². The lowest BCUT2D eigenvalue weighted by Gasteiger charge is -2.19. The predicted molar refractivity (Wildman–Crippen MR) is 112 cm³/mol. The first kappa shape index (κ1) is 21.5. The highest BCUT2D eigenvalue weighted by molar-refractivity contribution is 6.03. The smallest absolute Gasteiger partial charge is 0.414 e. The largest absolute Gasteiger partial charge is 0.507 e. The highest BCUT2D eigenvalue weighted by Crippen LogP contribution is 2.34. The minimum Gasteiger partial charge on any atom is -0.507 e. The van der Waals surface area contributed by atoms with Crippen LogP contribution in [0.5, 0.6) is 5.75 Å². The maximum atomic E-state index is 12.4. The van der Waals surface area contributed by atoms with Gasteiger partial charge in [-0.25, -0.2) is 10.3 Å². The van der Waals surface area contributed by atoms with Gasteiger partial charge >= 0.3 is 6.09 Å². The monoisotopic (exact) mass is 420 g/mol. The zero-order valence-corrected chi connectivity index (χ0v) is 16.3. The molecule has 8 nitrogen and oxygen atoms in total. The van der Waals surface area contributed by atoms with Gasteiger partial charge in [-0.05, 0) is 23.6 Å². The molecule has 3 aromatic carbocycles. The predicted octanol–water partition coefficient (Wildman–Crippen LogP) is 3.60. The third-order valence-corrected chi connectivity index (χ3v) is 4.51. The summed E-state index contributed by atoms with van der Waals surface area (Å²) in [6, 6.07) is 18.3. The van der Waals surface area contributed by atoms with Gasteiger partial charge in [0.15, 0.2) is 0 Å². The number of aromatic hydroxyl groups is 1. The number of phenols is 1. The summed E-state index contributed by atoms with van der Waals surface area (Å²) in [7, 11) is 0. The molecule has 0 aliphatic rings. The van der Waals surface area contributed by atoms with Gasteiger partial charge in [0.1, 0.15) is 11.9 Å². The molecule has 0 saturated heterocycles. The molecule has 3 amide bonds. The number of amides is 3. The van der Waals surface area contributed by atoms with E-state index in [0.29, 0.717) is 21.9 Å². The van der Waals surface area contributed by atoms with E-state index < -0.39 is 24.0 Å². The van der Waals surface area contributed by atoms with E-state index >= 15 is 0 Å². The molecule has 3 aromatic rings. The summed E-state index contributed by atoms with van der Waals surface area (Å²) in [4.78, 5) is 35.9. The molecule has 3 rings (SSSR count). The van der Waals surface area contributed by atoms with Crippen LogP contribution in [-0.4, -0.2) is 28.2 Å². The van der Waals surface area contributed by atoms with Crippen LogP contribution in [0.25, 0.3) is 10.8 Å². The average molecular weight is 420 g/mol.